The van der Waals surface area contributed by atoms with Gasteiger partial charge in [-0.2, -0.15) is 0 Å². The number of aliphatic hydroxyl groups is 1. The molecule has 1 amide bonds. The number of amides is 1. The highest BCUT2D eigenvalue weighted by Gasteiger charge is 2.23. The Morgan fingerprint density at radius 2 is 1.96 bits per heavy atom. The van der Waals surface area contributed by atoms with Gasteiger partial charge < -0.3 is 19.2 Å². The fraction of sp³-hybridized carbons (Fsp3) is 0.250. The molecule has 5 nitrogen and oxygen atoms in total. The fourth-order valence-electron chi connectivity index (χ4n) is 2.86. The number of aliphatic hydroxyl groups excluding tert-OH is 1. The molecule has 1 heterocycles. The number of carbonyl (C=O) groups is 1. The summed E-state index contributed by atoms with van der Waals surface area (Å²) in [5, 5.41) is 10.2. The molecule has 0 bridgehead atoms. The van der Waals surface area contributed by atoms with E-state index in [0.717, 1.165) is 16.5 Å². The predicted octanol–water partition coefficient (Wildman–Crippen LogP) is 3.52. The van der Waals surface area contributed by atoms with Gasteiger partial charge in [-0.25, -0.2) is 4.39 Å². The second-order valence-electron chi connectivity index (χ2n) is 6.00. The first-order valence-electron chi connectivity index (χ1n) is 8.25. The maximum Gasteiger partial charge on any atom is 0.290 e. The number of fused-ring (bicyclic) bond motifs is 1. The van der Waals surface area contributed by atoms with Crippen LogP contribution in [0.3, 0.4) is 0 Å². The molecule has 1 N–H and O–H groups in total. The van der Waals surface area contributed by atoms with Gasteiger partial charge in [0.1, 0.15) is 17.1 Å². The summed E-state index contributed by atoms with van der Waals surface area (Å²) in [6.07, 6.45) is 0. The van der Waals surface area contributed by atoms with Gasteiger partial charge in [-0.3, -0.25) is 4.79 Å². The first-order chi connectivity index (χ1) is 12.5. The van der Waals surface area contributed by atoms with Crippen LogP contribution in [0.15, 0.2) is 46.9 Å². The van der Waals surface area contributed by atoms with E-state index in [1.165, 1.54) is 17.0 Å². The van der Waals surface area contributed by atoms with Gasteiger partial charge in [-0.15, -0.1) is 0 Å². The number of hydrogen-bond donors (Lipinski definition) is 1. The third-order valence-electron chi connectivity index (χ3n) is 4.28. The Hall–Kier alpha value is -2.86. The number of halogens is 1. The van der Waals surface area contributed by atoms with Crippen LogP contribution in [0.1, 0.15) is 21.7 Å². The number of methoxy groups -OCH3 is 1. The molecule has 3 aromatic rings. The average Bonchev–Trinajstić information content (AvgIpc) is 2.98. The lowest BCUT2D eigenvalue weighted by molar-refractivity contribution is 0.0677. The molecule has 6 heteroatoms. The number of rotatable bonds is 6. The molecule has 3 rings (SSSR count). The topological polar surface area (TPSA) is 62.9 Å². The van der Waals surface area contributed by atoms with Gasteiger partial charge in [0.15, 0.2) is 5.76 Å². The van der Waals surface area contributed by atoms with E-state index >= 15 is 0 Å². The van der Waals surface area contributed by atoms with Crippen LogP contribution in [0, 0.1) is 12.7 Å². The van der Waals surface area contributed by atoms with E-state index in [0.29, 0.717) is 11.3 Å². The number of nitrogens with zero attached hydrogens (tertiary/aromatic N) is 1. The Balaban J connectivity index is 1.92. The molecule has 0 saturated heterocycles. The lowest BCUT2D eigenvalue weighted by Crippen LogP contribution is -2.33. The molecule has 26 heavy (non-hydrogen) atoms. The molecule has 136 valence electrons. The lowest BCUT2D eigenvalue weighted by atomic mass is 10.1. The van der Waals surface area contributed by atoms with Crippen LogP contribution < -0.4 is 4.74 Å². The highest BCUT2D eigenvalue weighted by Crippen LogP contribution is 2.29. The van der Waals surface area contributed by atoms with E-state index < -0.39 is 0 Å². The highest BCUT2D eigenvalue weighted by molar-refractivity contribution is 5.99. The molecule has 0 aliphatic heterocycles. The molecule has 2 aromatic carbocycles. The van der Waals surface area contributed by atoms with Crippen molar-refractivity contribution in [2.24, 2.45) is 0 Å². The van der Waals surface area contributed by atoms with E-state index in [-0.39, 0.29) is 37.2 Å². The predicted molar refractivity (Wildman–Crippen MR) is 95.7 cm³/mol. The zero-order valence-electron chi connectivity index (χ0n) is 14.7. The van der Waals surface area contributed by atoms with Crippen molar-refractivity contribution in [1.82, 2.24) is 4.90 Å². The summed E-state index contributed by atoms with van der Waals surface area (Å²) in [6.45, 7) is 2.04. The quantitative estimate of drug-likeness (QED) is 0.733. The molecule has 0 aliphatic carbocycles. The Morgan fingerprint density at radius 1 is 1.23 bits per heavy atom. The summed E-state index contributed by atoms with van der Waals surface area (Å²) in [5.74, 6) is 0.208. The first kappa shape index (κ1) is 17.9. The van der Waals surface area contributed by atoms with E-state index in [4.69, 9.17) is 9.15 Å². The Labute approximate surface area is 150 Å². The van der Waals surface area contributed by atoms with Crippen LogP contribution in [0.4, 0.5) is 4.39 Å². The van der Waals surface area contributed by atoms with Crippen molar-refractivity contribution in [3.8, 4) is 5.75 Å². The standard InChI is InChI=1S/C20H20FNO4/c1-13-17-8-7-16(25-2)11-18(17)26-19(13)20(24)22(9-10-23)12-14-3-5-15(21)6-4-14/h3-8,11,23H,9-10,12H2,1-2H3. The van der Waals surface area contributed by atoms with Crippen LogP contribution in [0.2, 0.25) is 0 Å². The van der Waals surface area contributed by atoms with Crippen LogP contribution >= 0.6 is 0 Å². The summed E-state index contributed by atoms with van der Waals surface area (Å²) in [6, 6.07) is 11.3. The van der Waals surface area contributed by atoms with Crippen molar-refractivity contribution >= 4 is 16.9 Å². The van der Waals surface area contributed by atoms with Gasteiger partial charge in [-0.05, 0) is 36.8 Å². The van der Waals surface area contributed by atoms with Gasteiger partial charge in [0.25, 0.3) is 5.91 Å². The van der Waals surface area contributed by atoms with Gasteiger partial charge in [0, 0.05) is 30.1 Å². The first-order valence-corrected chi connectivity index (χ1v) is 8.25. The fourth-order valence-corrected chi connectivity index (χ4v) is 2.86. The molecule has 0 spiro atoms. The maximum atomic E-state index is 13.1. The molecular formula is C20H20FNO4. The molecule has 1 aromatic heterocycles. The van der Waals surface area contributed by atoms with E-state index in [9.17, 15) is 14.3 Å². The average molecular weight is 357 g/mol. The molecule has 0 unspecified atom stereocenters. The summed E-state index contributed by atoms with van der Waals surface area (Å²) < 4.78 is 24.0. The van der Waals surface area contributed by atoms with E-state index in [2.05, 4.69) is 0 Å². The third-order valence-corrected chi connectivity index (χ3v) is 4.28. The van der Waals surface area contributed by atoms with Crippen LogP contribution in [-0.4, -0.2) is 36.2 Å². The largest absolute Gasteiger partial charge is 0.497 e. The van der Waals surface area contributed by atoms with E-state index in [1.54, 1.807) is 25.3 Å². The van der Waals surface area contributed by atoms with Crippen molar-refractivity contribution in [2.75, 3.05) is 20.3 Å². The van der Waals surface area contributed by atoms with Gasteiger partial charge in [-0.1, -0.05) is 12.1 Å². The molecule has 0 fully saturated rings. The third kappa shape index (κ3) is 3.55. The number of aryl methyl sites for hydroxylation is 1. The zero-order chi connectivity index (χ0) is 18.7. The van der Waals surface area contributed by atoms with Gasteiger partial charge >= 0.3 is 0 Å². The van der Waals surface area contributed by atoms with Crippen molar-refractivity contribution in [3.05, 3.63) is 65.2 Å². The number of benzene rings is 2. The van der Waals surface area contributed by atoms with Crippen molar-refractivity contribution in [1.29, 1.82) is 0 Å². The van der Waals surface area contributed by atoms with Gasteiger partial charge in [0.2, 0.25) is 0 Å². The van der Waals surface area contributed by atoms with Crippen LogP contribution in [0.5, 0.6) is 5.75 Å². The Morgan fingerprint density at radius 3 is 2.62 bits per heavy atom. The molecular weight excluding hydrogens is 337 g/mol. The number of carbonyl (C=O) groups excluding carboxylic acids is 1. The second kappa shape index (κ2) is 7.58. The summed E-state index contributed by atoms with van der Waals surface area (Å²) in [5.41, 5.74) is 2.06. The lowest BCUT2D eigenvalue weighted by Gasteiger charge is -2.21. The summed E-state index contributed by atoms with van der Waals surface area (Å²) >= 11 is 0. The number of hydrogen-bond acceptors (Lipinski definition) is 4. The van der Waals surface area contributed by atoms with Crippen LogP contribution in [0.25, 0.3) is 11.0 Å². The maximum absolute atomic E-state index is 13.1. The molecule has 0 saturated carbocycles. The van der Waals surface area contributed by atoms with E-state index in [1.807, 2.05) is 19.1 Å². The SMILES string of the molecule is COc1ccc2c(C)c(C(=O)N(CCO)Cc3ccc(F)cc3)oc2c1. The minimum Gasteiger partial charge on any atom is -0.497 e. The minimum atomic E-state index is -0.337. The molecule has 0 radical (unpaired) electrons. The molecule has 0 atom stereocenters. The summed E-state index contributed by atoms with van der Waals surface area (Å²) in [7, 11) is 1.56. The van der Waals surface area contributed by atoms with Crippen molar-refractivity contribution in [2.45, 2.75) is 13.5 Å². The molecule has 0 aliphatic rings. The second-order valence-corrected chi connectivity index (χ2v) is 6.00. The monoisotopic (exact) mass is 357 g/mol. The highest BCUT2D eigenvalue weighted by atomic mass is 19.1. The normalized spacial score (nSPS) is 10.9. The van der Waals surface area contributed by atoms with Crippen molar-refractivity contribution < 1.29 is 23.4 Å². The summed E-state index contributed by atoms with van der Waals surface area (Å²) in [4.78, 5) is 14.4. The Kier molecular flexibility index (Phi) is 5.23. The smallest absolute Gasteiger partial charge is 0.290 e. The Bertz CT molecular complexity index is 917. The van der Waals surface area contributed by atoms with Crippen molar-refractivity contribution in [3.63, 3.8) is 0 Å². The zero-order valence-corrected chi connectivity index (χ0v) is 14.7. The minimum absolute atomic E-state index is 0.149. The number of ether oxygens (including phenoxy) is 1. The number of furan rings is 1. The van der Waals surface area contributed by atoms with Crippen LogP contribution in [-0.2, 0) is 6.54 Å². The van der Waals surface area contributed by atoms with Gasteiger partial charge in [0.05, 0.1) is 13.7 Å².